The van der Waals surface area contributed by atoms with Gasteiger partial charge in [0, 0.05) is 19.0 Å². The minimum atomic E-state index is 0. The second-order valence-corrected chi connectivity index (χ2v) is 6.85. The summed E-state index contributed by atoms with van der Waals surface area (Å²) >= 11 is 0. The van der Waals surface area contributed by atoms with Crippen molar-refractivity contribution in [2.24, 2.45) is 17.6 Å². The van der Waals surface area contributed by atoms with Gasteiger partial charge in [0.15, 0.2) is 0 Å². The molecule has 4 nitrogen and oxygen atoms in total. The minimum Gasteiger partial charge on any atom is -0.373 e. The van der Waals surface area contributed by atoms with Crippen LogP contribution in [0.2, 0.25) is 0 Å². The molecule has 2 atom stereocenters. The number of benzene rings is 1. The fourth-order valence-electron chi connectivity index (χ4n) is 3.91. The van der Waals surface area contributed by atoms with E-state index in [2.05, 4.69) is 12.1 Å². The van der Waals surface area contributed by atoms with E-state index in [9.17, 15) is 4.79 Å². The van der Waals surface area contributed by atoms with Crippen LogP contribution in [-0.2, 0) is 16.1 Å². The number of rotatable bonds is 5. The fourth-order valence-corrected chi connectivity index (χ4v) is 3.91. The van der Waals surface area contributed by atoms with Crippen LogP contribution in [0.5, 0.6) is 0 Å². The quantitative estimate of drug-likeness (QED) is 0.886. The molecular weight excluding hydrogens is 324 g/mol. The number of nitrogens with zero attached hydrogens (tertiary/aromatic N) is 1. The first kappa shape index (κ1) is 19.2. The molecule has 1 saturated heterocycles. The van der Waals surface area contributed by atoms with E-state index < -0.39 is 0 Å². The summed E-state index contributed by atoms with van der Waals surface area (Å²) in [5.74, 6) is 0.899. The number of ether oxygens (including phenoxy) is 1. The Bertz CT molecular complexity index is 503. The second-order valence-electron chi connectivity index (χ2n) is 6.85. The maximum atomic E-state index is 12.7. The van der Waals surface area contributed by atoms with Crippen molar-refractivity contribution in [3.63, 3.8) is 0 Å². The van der Waals surface area contributed by atoms with E-state index >= 15 is 0 Å². The lowest BCUT2D eigenvalue weighted by molar-refractivity contribution is -0.139. The van der Waals surface area contributed by atoms with Crippen LogP contribution >= 0.6 is 12.4 Å². The van der Waals surface area contributed by atoms with E-state index in [0.29, 0.717) is 25.0 Å². The minimum absolute atomic E-state index is 0. The number of hydrogen-bond donors (Lipinski definition) is 1. The molecule has 2 aliphatic rings. The molecule has 0 spiro atoms. The molecule has 1 amide bonds. The predicted molar refractivity (Wildman–Crippen MR) is 98.0 cm³/mol. The lowest BCUT2D eigenvalue weighted by Crippen LogP contribution is -2.45. The van der Waals surface area contributed by atoms with Gasteiger partial charge in [0.2, 0.25) is 5.91 Å². The number of piperidine rings is 1. The molecule has 0 aromatic heterocycles. The summed E-state index contributed by atoms with van der Waals surface area (Å²) in [7, 11) is 0. The topological polar surface area (TPSA) is 55.6 Å². The number of amides is 1. The Morgan fingerprint density at radius 3 is 2.50 bits per heavy atom. The molecule has 24 heavy (non-hydrogen) atoms. The van der Waals surface area contributed by atoms with Gasteiger partial charge in [0.05, 0.1) is 12.7 Å². The van der Waals surface area contributed by atoms with Gasteiger partial charge in [-0.15, -0.1) is 12.4 Å². The lowest BCUT2D eigenvalue weighted by atomic mass is 9.93. The van der Waals surface area contributed by atoms with Gasteiger partial charge in [-0.1, -0.05) is 36.8 Å². The van der Waals surface area contributed by atoms with Gasteiger partial charge in [0.25, 0.3) is 0 Å². The molecule has 1 aliphatic heterocycles. The first-order chi connectivity index (χ1) is 11.3. The largest absolute Gasteiger partial charge is 0.373 e. The normalized spacial score (nSPS) is 24.6. The number of hydrogen-bond acceptors (Lipinski definition) is 3. The van der Waals surface area contributed by atoms with Crippen molar-refractivity contribution in [3.05, 3.63) is 35.9 Å². The molecule has 1 aliphatic carbocycles. The molecule has 2 N–H and O–H groups in total. The van der Waals surface area contributed by atoms with Gasteiger partial charge in [0.1, 0.15) is 0 Å². The number of halogens is 1. The first-order valence-electron chi connectivity index (χ1n) is 8.92. The van der Waals surface area contributed by atoms with Crippen LogP contribution in [0.1, 0.15) is 37.7 Å². The van der Waals surface area contributed by atoms with Crippen molar-refractivity contribution in [1.29, 1.82) is 0 Å². The number of likely N-dealkylation sites (tertiary alicyclic amines) is 1. The summed E-state index contributed by atoms with van der Waals surface area (Å²) in [6.07, 6.45) is 5.44. The van der Waals surface area contributed by atoms with Crippen LogP contribution in [0.25, 0.3) is 0 Å². The third-order valence-electron chi connectivity index (χ3n) is 5.36. The van der Waals surface area contributed by atoms with Gasteiger partial charge < -0.3 is 15.4 Å². The SMILES string of the molecule is Cl.NC[C@H]1CCC[C@H]1C(=O)N1CCC(OCc2ccccc2)CC1. The number of nitrogens with two attached hydrogens (primary N) is 1. The third-order valence-corrected chi connectivity index (χ3v) is 5.36. The summed E-state index contributed by atoms with van der Waals surface area (Å²) in [4.78, 5) is 14.7. The van der Waals surface area contributed by atoms with E-state index in [1.54, 1.807) is 0 Å². The van der Waals surface area contributed by atoms with Crippen LogP contribution < -0.4 is 5.73 Å². The molecule has 0 unspecified atom stereocenters. The standard InChI is InChI=1S/C19H28N2O2.ClH/c20-13-16-7-4-8-18(16)19(22)21-11-9-17(10-12-21)23-14-15-5-2-1-3-6-15;/h1-3,5-6,16-18H,4,7-14,20H2;1H/t16-,18-;/m1./s1. The van der Waals surface area contributed by atoms with E-state index in [-0.39, 0.29) is 24.4 Å². The zero-order valence-corrected chi connectivity index (χ0v) is 15.0. The zero-order valence-electron chi connectivity index (χ0n) is 14.2. The smallest absolute Gasteiger partial charge is 0.226 e. The van der Waals surface area contributed by atoms with Gasteiger partial charge in [-0.25, -0.2) is 0 Å². The predicted octanol–water partition coefficient (Wildman–Crippen LogP) is 2.99. The molecule has 1 aromatic rings. The molecule has 1 saturated carbocycles. The highest BCUT2D eigenvalue weighted by Gasteiger charge is 2.35. The zero-order chi connectivity index (χ0) is 16.1. The highest BCUT2D eigenvalue weighted by molar-refractivity contribution is 5.85. The summed E-state index contributed by atoms with van der Waals surface area (Å²) in [5.41, 5.74) is 7.03. The molecule has 0 bridgehead atoms. The molecule has 1 heterocycles. The maximum Gasteiger partial charge on any atom is 0.226 e. The molecule has 3 rings (SSSR count). The number of carbonyl (C=O) groups is 1. The molecular formula is C19H29ClN2O2. The van der Waals surface area contributed by atoms with Crippen LogP contribution in [0, 0.1) is 11.8 Å². The molecule has 1 aromatic carbocycles. The summed E-state index contributed by atoms with van der Waals surface area (Å²) < 4.78 is 6.01. The van der Waals surface area contributed by atoms with Gasteiger partial charge in [-0.3, -0.25) is 4.79 Å². The number of carbonyl (C=O) groups excluding carboxylic acids is 1. The van der Waals surface area contributed by atoms with Crippen LogP contribution in [0.15, 0.2) is 30.3 Å². The van der Waals surface area contributed by atoms with Gasteiger partial charge >= 0.3 is 0 Å². The van der Waals surface area contributed by atoms with E-state index in [1.165, 1.54) is 5.56 Å². The van der Waals surface area contributed by atoms with Gasteiger partial charge in [-0.05, 0) is 43.7 Å². The Balaban J connectivity index is 0.00000208. The van der Waals surface area contributed by atoms with Crippen LogP contribution in [0.4, 0.5) is 0 Å². The van der Waals surface area contributed by atoms with Crippen molar-refractivity contribution in [2.75, 3.05) is 19.6 Å². The monoisotopic (exact) mass is 352 g/mol. The summed E-state index contributed by atoms with van der Waals surface area (Å²) in [6.45, 7) is 2.96. The molecule has 5 heteroatoms. The fraction of sp³-hybridized carbons (Fsp3) is 0.632. The van der Waals surface area contributed by atoms with Crippen molar-refractivity contribution in [2.45, 2.75) is 44.8 Å². The van der Waals surface area contributed by atoms with Crippen molar-refractivity contribution < 1.29 is 9.53 Å². The van der Waals surface area contributed by atoms with Crippen LogP contribution in [0.3, 0.4) is 0 Å². The molecule has 0 radical (unpaired) electrons. The Labute approximate surface area is 151 Å². The summed E-state index contributed by atoms with van der Waals surface area (Å²) in [6, 6.07) is 10.3. The Hall–Kier alpha value is -1.10. The Morgan fingerprint density at radius 2 is 1.83 bits per heavy atom. The average molecular weight is 353 g/mol. The first-order valence-corrected chi connectivity index (χ1v) is 8.92. The molecule has 2 fully saturated rings. The van der Waals surface area contributed by atoms with E-state index in [0.717, 1.165) is 45.2 Å². The van der Waals surface area contributed by atoms with Crippen molar-refractivity contribution >= 4 is 18.3 Å². The Kier molecular flexibility index (Phi) is 7.53. The Morgan fingerprint density at radius 1 is 1.12 bits per heavy atom. The van der Waals surface area contributed by atoms with Gasteiger partial charge in [-0.2, -0.15) is 0 Å². The van der Waals surface area contributed by atoms with Crippen molar-refractivity contribution in [3.8, 4) is 0 Å². The van der Waals surface area contributed by atoms with Crippen LogP contribution in [-0.4, -0.2) is 36.5 Å². The second kappa shape index (κ2) is 9.40. The van der Waals surface area contributed by atoms with E-state index in [4.69, 9.17) is 10.5 Å². The highest BCUT2D eigenvalue weighted by atomic mass is 35.5. The lowest BCUT2D eigenvalue weighted by Gasteiger charge is -2.34. The highest BCUT2D eigenvalue weighted by Crippen LogP contribution is 2.33. The summed E-state index contributed by atoms with van der Waals surface area (Å²) in [5, 5.41) is 0. The third kappa shape index (κ3) is 4.71. The molecule has 134 valence electrons. The average Bonchev–Trinajstić information content (AvgIpc) is 3.09. The maximum absolute atomic E-state index is 12.7. The van der Waals surface area contributed by atoms with Crippen molar-refractivity contribution in [1.82, 2.24) is 4.90 Å². The van der Waals surface area contributed by atoms with E-state index in [1.807, 2.05) is 23.1 Å².